The van der Waals surface area contributed by atoms with E-state index in [1.54, 1.807) is 17.8 Å². The predicted octanol–water partition coefficient (Wildman–Crippen LogP) is 4.52. The Kier molecular flexibility index (Phi) is 6.73. The number of hydrogen-bond acceptors (Lipinski definition) is 3. The van der Waals surface area contributed by atoms with Crippen molar-refractivity contribution in [1.82, 2.24) is 0 Å². The van der Waals surface area contributed by atoms with Gasteiger partial charge in [-0.05, 0) is 43.0 Å². The van der Waals surface area contributed by atoms with Crippen molar-refractivity contribution in [2.45, 2.75) is 25.4 Å². The lowest BCUT2D eigenvalue weighted by molar-refractivity contribution is -0.137. The van der Waals surface area contributed by atoms with E-state index in [0.29, 0.717) is 12.2 Å². The van der Waals surface area contributed by atoms with Crippen LogP contribution in [0.25, 0.3) is 0 Å². The van der Waals surface area contributed by atoms with Crippen LogP contribution in [0.4, 0.5) is 18.9 Å². The van der Waals surface area contributed by atoms with Crippen LogP contribution in [0.5, 0.6) is 0 Å². The van der Waals surface area contributed by atoms with Crippen LogP contribution in [0.15, 0.2) is 18.2 Å². The number of nitrogens with one attached hydrogen (secondary N) is 1. The Balaban J connectivity index is 2.56. The maximum Gasteiger partial charge on any atom is 0.416 e. The quantitative estimate of drug-likeness (QED) is 0.752. The molecule has 0 saturated heterocycles. The number of unbranched alkanes of at least 4 members (excludes halogenated alkanes) is 2. The normalized spacial score (nSPS) is 11.2. The van der Waals surface area contributed by atoms with Crippen molar-refractivity contribution >= 4 is 17.4 Å². The Labute approximate surface area is 121 Å². The minimum atomic E-state index is -4.41. The zero-order valence-corrected chi connectivity index (χ0v) is 12.1. The number of rotatable bonds is 7. The van der Waals surface area contributed by atoms with Crippen molar-refractivity contribution in [3.8, 4) is 6.07 Å². The molecule has 1 N–H and O–H groups in total. The highest BCUT2D eigenvalue weighted by atomic mass is 32.2. The first kappa shape index (κ1) is 16.7. The summed E-state index contributed by atoms with van der Waals surface area (Å²) in [6, 6.07) is 5.01. The topological polar surface area (TPSA) is 35.8 Å². The molecule has 0 atom stereocenters. The van der Waals surface area contributed by atoms with Crippen LogP contribution >= 0.6 is 11.8 Å². The van der Waals surface area contributed by atoms with E-state index < -0.39 is 11.7 Å². The highest BCUT2D eigenvalue weighted by molar-refractivity contribution is 7.98. The fourth-order valence-electron chi connectivity index (χ4n) is 1.74. The van der Waals surface area contributed by atoms with Crippen molar-refractivity contribution in [3.63, 3.8) is 0 Å². The molecule has 2 nitrogen and oxygen atoms in total. The Bertz CT molecular complexity index is 466. The summed E-state index contributed by atoms with van der Waals surface area (Å²) in [6.45, 7) is 0.661. The molecule has 0 fully saturated rings. The predicted molar refractivity (Wildman–Crippen MR) is 76.9 cm³/mol. The van der Waals surface area contributed by atoms with Crippen LogP contribution in [0.1, 0.15) is 30.4 Å². The number of halogens is 3. The molecule has 0 aliphatic carbocycles. The second-order valence-electron chi connectivity index (χ2n) is 4.35. The first-order valence-electron chi connectivity index (χ1n) is 6.33. The van der Waals surface area contributed by atoms with Crippen LogP contribution in [0.3, 0.4) is 0 Å². The molecular formula is C14H17F3N2S. The minimum Gasteiger partial charge on any atom is -0.384 e. The van der Waals surface area contributed by atoms with E-state index in [1.165, 1.54) is 6.07 Å². The molecule has 0 radical (unpaired) electrons. The van der Waals surface area contributed by atoms with E-state index in [-0.39, 0.29) is 5.56 Å². The molecule has 0 bridgehead atoms. The summed E-state index contributed by atoms with van der Waals surface area (Å²) in [7, 11) is 0. The van der Waals surface area contributed by atoms with Gasteiger partial charge in [0, 0.05) is 6.54 Å². The summed E-state index contributed by atoms with van der Waals surface area (Å²) < 4.78 is 37.6. The average Bonchev–Trinajstić information content (AvgIpc) is 2.41. The smallest absolute Gasteiger partial charge is 0.384 e. The van der Waals surface area contributed by atoms with Crippen molar-refractivity contribution in [1.29, 1.82) is 5.26 Å². The van der Waals surface area contributed by atoms with Gasteiger partial charge < -0.3 is 5.32 Å². The molecule has 0 aliphatic heterocycles. The number of benzene rings is 1. The third-order valence-corrected chi connectivity index (χ3v) is 3.50. The van der Waals surface area contributed by atoms with Crippen LogP contribution in [-0.2, 0) is 6.18 Å². The molecule has 1 aromatic carbocycles. The van der Waals surface area contributed by atoms with Crippen LogP contribution in [0, 0.1) is 11.3 Å². The molecule has 0 aliphatic rings. The summed E-state index contributed by atoms with van der Waals surface area (Å²) in [5.74, 6) is 1.11. The lowest BCUT2D eigenvalue weighted by Gasteiger charge is -2.11. The lowest BCUT2D eigenvalue weighted by Crippen LogP contribution is -2.08. The zero-order chi connectivity index (χ0) is 15.0. The van der Waals surface area contributed by atoms with Gasteiger partial charge in [0.2, 0.25) is 0 Å². The first-order valence-corrected chi connectivity index (χ1v) is 7.72. The summed E-state index contributed by atoms with van der Waals surface area (Å²) in [6.07, 6.45) is 0.769. The van der Waals surface area contributed by atoms with Crippen LogP contribution in [-0.4, -0.2) is 18.6 Å². The van der Waals surface area contributed by atoms with E-state index >= 15 is 0 Å². The van der Waals surface area contributed by atoms with Crippen molar-refractivity contribution in [3.05, 3.63) is 29.3 Å². The average molecular weight is 302 g/mol. The standard InChI is InChI=1S/C14H17F3N2S/c1-20-8-4-2-3-7-19-13-6-5-12(14(15,16)17)9-11(13)10-18/h5-6,9,19H,2-4,7-8H2,1H3. The summed E-state index contributed by atoms with van der Waals surface area (Å²) >= 11 is 1.80. The van der Waals surface area contributed by atoms with Crippen LogP contribution < -0.4 is 5.32 Å². The molecule has 6 heteroatoms. The maximum absolute atomic E-state index is 12.5. The molecule has 1 aromatic rings. The second kappa shape index (κ2) is 8.05. The van der Waals surface area contributed by atoms with Gasteiger partial charge in [0.1, 0.15) is 6.07 Å². The maximum atomic E-state index is 12.5. The summed E-state index contributed by atoms with van der Waals surface area (Å²) in [5, 5.41) is 11.9. The molecule has 110 valence electrons. The summed E-state index contributed by atoms with van der Waals surface area (Å²) in [4.78, 5) is 0. The van der Waals surface area contributed by atoms with Crippen molar-refractivity contribution < 1.29 is 13.2 Å². The van der Waals surface area contributed by atoms with Gasteiger partial charge in [-0.1, -0.05) is 6.42 Å². The lowest BCUT2D eigenvalue weighted by atomic mass is 10.1. The number of nitrogens with zero attached hydrogens (tertiary/aromatic N) is 1. The minimum absolute atomic E-state index is 0.0314. The third-order valence-electron chi connectivity index (χ3n) is 2.81. The Hall–Kier alpha value is -1.35. The van der Waals surface area contributed by atoms with E-state index in [1.807, 2.05) is 0 Å². The van der Waals surface area contributed by atoms with Crippen molar-refractivity contribution in [2.75, 3.05) is 23.9 Å². The Morgan fingerprint density at radius 1 is 1.25 bits per heavy atom. The monoisotopic (exact) mass is 302 g/mol. The van der Waals surface area contributed by atoms with Gasteiger partial charge in [-0.3, -0.25) is 0 Å². The largest absolute Gasteiger partial charge is 0.416 e. The van der Waals surface area contributed by atoms with E-state index in [4.69, 9.17) is 5.26 Å². The molecule has 0 amide bonds. The Morgan fingerprint density at radius 3 is 2.60 bits per heavy atom. The number of hydrogen-bond donors (Lipinski definition) is 1. The molecule has 0 spiro atoms. The van der Waals surface area contributed by atoms with Gasteiger partial charge in [-0.2, -0.15) is 30.2 Å². The van der Waals surface area contributed by atoms with E-state index in [9.17, 15) is 13.2 Å². The number of alkyl halides is 3. The van der Waals surface area contributed by atoms with Gasteiger partial charge in [0.05, 0.1) is 16.8 Å². The van der Waals surface area contributed by atoms with Gasteiger partial charge >= 0.3 is 6.18 Å². The number of thioether (sulfide) groups is 1. The molecule has 0 heterocycles. The second-order valence-corrected chi connectivity index (χ2v) is 5.34. The number of anilines is 1. The van der Waals surface area contributed by atoms with Gasteiger partial charge in [-0.15, -0.1) is 0 Å². The first-order chi connectivity index (χ1) is 9.49. The number of nitriles is 1. The van der Waals surface area contributed by atoms with Gasteiger partial charge in [0.15, 0.2) is 0 Å². The third kappa shape index (κ3) is 5.33. The molecular weight excluding hydrogens is 285 g/mol. The molecule has 20 heavy (non-hydrogen) atoms. The van der Waals surface area contributed by atoms with Crippen molar-refractivity contribution in [2.24, 2.45) is 0 Å². The fourth-order valence-corrected chi connectivity index (χ4v) is 2.23. The highest BCUT2D eigenvalue weighted by Crippen LogP contribution is 2.31. The highest BCUT2D eigenvalue weighted by Gasteiger charge is 2.30. The molecule has 0 saturated carbocycles. The van der Waals surface area contributed by atoms with Crippen LogP contribution in [0.2, 0.25) is 0 Å². The SMILES string of the molecule is CSCCCCCNc1ccc(C(F)(F)F)cc1C#N. The van der Waals surface area contributed by atoms with Gasteiger partial charge in [-0.25, -0.2) is 0 Å². The molecule has 1 rings (SSSR count). The van der Waals surface area contributed by atoms with E-state index in [0.717, 1.165) is 37.1 Å². The molecule has 0 unspecified atom stereocenters. The van der Waals surface area contributed by atoms with Gasteiger partial charge in [0.25, 0.3) is 0 Å². The van der Waals surface area contributed by atoms with E-state index in [2.05, 4.69) is 11.6 Å². The fraction of sp³-hybridized carbons (Fsp3) is 0.500. The summed E-state index contributed by atoms with van der Waals surface area (Å²) in [5.41, 5.74) is -0.297. The molecule has 0 aromatic heterocycles. The Morgan fingerprint density at radius 2 is 2.00 bits per heavy atom. The zero-order valence-electron chi connectivity index (χ0n) is 11.3.